The fraction of sp³-hybridized carbons (Fsp3) is 0.238. The molecular weight excluding hydrogens is 418 g/mol. The molecule has 2 aromatic carbocycles. The largest absolute Gasteiger partial charge is 0.356 e. The Labute approximate surface area is 182 Å². The van der Waals surface area contributed by atoms with Gasteiger partial charge in [0.1, 0.15) is 0 Å². The number of carbonyl (C=O) groups excluding carboxylic acids is 2. The van der Waals surface area contributed by atoms with Crippen LogP contribution in [0.5, 0.6) is 0 Å². The van der Waals surface area contributed by atoms with Gasteiger partial charge in [-0.2, -0.15) is 0 Å². The first-order valence-electron chi connectivity index (χ1n) is 9.61. The first-order chi connectivity index (χ1) is 14.7. The number of carbonyl (C=O) groups is 2. The molecule has 0 spiro atoms. The minimum Gasteiger partial charge on any atom is -0.356 e. The second-order valence-corrected chi connectivity index (χ2v) is 9.04. The van der Waals surface area contributed by atoms with Gasteiger partial charge in [0.2, 0.25) is 11.0 Å². The van der Waals surface area contributed by atoms with Gasteiger partial charge < -0.3 is 16.0 Å². The van der Waals surface area contributed by atoms with Crippen LogP contribution in [0.3, 0.4) is 0 Å². The van der Waals surface area contributed by atoms with Crippen LogP contribution in [-0.4, -0.2) is 33.8 Å². The third-order valence-electron chi connectivity index (χ3n) is 4.38. The number of hydrogen-bond acceptors (Lipinski definition) is 7. The highest BCUT2D eigenvalue weighted by molar-refractivity contribution is 8.01. The number of aromatic nitrogens is 2. The molecule has 1 aliphatic rings. The highest BCUT2D eigenvalue weighted by atomic mass is 32.2. The molecule has 2 amide bonds. The predicted octanol–water partition coefficient (Wildman–Crippen LogP) is 3.77. The Morgan fingerprint density at radius 2 is 1.80 bits per heavy atom. The van der Waals surface area contributed by atoms with Gasteiger partial charge in [-0.3, -0.25) is 9.59 Å². The molecule has 0 atom stereocenters. The number of para-hydroxylation sites is 1. The Morgan fingerprint density at radius 3 is 2.60 bits per heavy atom. The van der Waals surface area contributed by atoms with E-state index in [4.69, 9.17) is 0 Å². The summed E-state index contributed by atoms with van der Waals surface area (Å²) in [4.78, 5) is 24.7. The summed E-state index contributed by atoms with van der Waals surface area (Å²) in [7, 11) is 0. The zero-order valence-corrected chi connectivity index (χ0v) is 17.8. The van der Waals surface area contributed by atoms with Crippen molar-refractivity contribution in [1.29, 1.82) is 0 Å². The van der Waals surface area contributed by atoms with Gasteiger partial charge in [-0.1, -0.05) is 65.6 Å². The van der Waals surface area contributed by atoms with E-state index in [-0.39, 0.29) is 23.6 Å². The molecule has 0 saturated heterocycles. The molecule has 4 rings (SSSR count). The lowest BCUT2D eigenvalue weighted by atomic mass is 10.1. The van der Waals surface area contributed by atoms with Crippen LogP contribution in [0.1, 0.15) is 28.8 Å². The van der Waals surface area contributed by atoms with Crippen molar-refractivity contribution >= 4 is 45.7 Å². The Morgan fingerprint density at radius 1 is 1.03 bits per heavy atom. The van der Waals surface area contributed by atoms with Crippen LogP contribution in [0.25, 0.3) is 0 Å². The van der Waals surface area contributed by atoms with Crippen molar-refractivity contribution in [3.05, 3.63) is 65.7 Å². The summed E-state index contributed by atoms with van der Waals surface area (Å²) in [6.07, 6.45) is 2.03. The zero-order valence-electron chi connectivity index (χ0n) is 16.1. The van der Waals surface area contributed by atoms with Crippen LogP contribution in [0.15, 0.2) is 58.9 Å². The van der Waals surface area contributed by atoms with Gasteiger partial charge in [-0.05, 0) is 30.5 Å². The molecule has 0 aliphatic heterocycles. The molecule has 3 N–H and O–H groups in total. The number of nitrogens with zero attached hydrogens (tertiary/aromatic N) is 2. The molecule has 7 nitrogen and oxygen atoms in total. The standard InChI is InChI=1S/C21H21N5O2S2/c27-18(24-17-9-5-4-8-16(17)19(28)23-15-10-11-15)13-29-21-26-25-20(30-21)22-12-14-6-2-1-3-7-14/h1-9,15H,10-13H2,(H,22,25)(H,23,28)(H,24,27). The second-order valence-electron chi connectivity index (χ2n) is 6.84. The van der Waals surface area contributed by atoms with Gasteiger partial charge in [0, 0.05) is 12.6 Å². The molecule has 1 aliphatic carbocycles. The van der Waals surface area contributed by atoms with E-state index in [0.29, 0.717) is 27.3 Å². The molecule has 9 heteroatoms. The fourth-order valence-electron chi connectivity index (χ4n) is 2.71. The number of amides is 2. The minimum absolute atomic E-state index is 0.153. The van der Waals surface area contributed by atoms with Crippen LogP contribution >= 0.6 is 23.1 Å². The molecule has 1 fully saturated rings. The van der Waals surface area contributed by atoms with Crippen molar-refractivity contribution in [2.75, 3.05) is 16.4 Å². The Balaban J connectivity index is 1.27. The summed E-state index contributed by atoms with van der Waals surface area (Å²) in [5.74, 6) is -0.161. The number of hydrogen-bond donors (Lipinski definition) is 3. The van der Waals surface area contributed by atoms with E-state index >= 15 is 0 Å². The highest BCUT2D eigenvalue weighted by Crippen LogP contribution is 2.26. The lowest BCUT2D eigenvalue weighted by molar-refractivity contribution is -0.113. The third kappa shape index (κ3) is 5.80. The fourth-order valence-corrected chi connectivity index (χ4v) is 4.26. The molecule has 0 unspecified atom stereocenters. The van der Waals surface area contributed by atoms with Crippen molar-refractivity contribution in [2.45, 2.75) is 29.8 Å². The van der Waals surface area contributed by atoms with Crippen molar-refractivity contribution < 1.29 is 9.59 Å². The molecule has 1 heterocycles. The quantitative estimate of drug-likeness (QED) is 0.439. The molecule has 3 aromatic rings. The van der Waals surface area contributed by atoms with Gasteiger partial charge in [0.05, 0.1) is 17.0 Å². The number of benzene rings is 2. The van der Waals surface area contributed by atoms with Gasteiger partial charge in [0.15, 0.2) is 4.34 Å². The van der Waals surface area contributed by atoms with Crippen molar-refractivity contribution in [3.63, 3.8) is 0 Å². The summed E-state index contributed by atoms with van der Waals surface area (Å²) in [5, 5.41) is 18.0. The third-order valence-corrected chi connectivity index (χ3v) is 6.39. The maximum atomic E-state index is 12.4. The predicted molar refractivity (Wildman–Crippen MR) is 120 cm³/mol. The van der Waals surface area contributed by atoms with Crippen molar-refractivity contribution in [1.82, 2.24) is 15.5 Å². The highest BCUT2D eigenvalue weighted by Gasteiger charge is 2.25. The lowest BCUT2D eigenvalue weighted by Crippen LogP contribution is -2.27. The first kappa shape index (κ1) is 20.4. The number of anilines is 2. The minimum atomic E-state index is -0.194. The Kier molecular flexibility index (Phi) is 6.60. The first-order valence-corrected chi connectivity index (χ1v) is 11.4. The molecule has 1 aromatic heterocycles. The Bertz CT molecular complexity index is 1020. The number of rotatable bonds is 9. The smallest absolute Gasteiger partial charge is 0.253 e. The molecule has 0 radical (unpaired) electrons. The molecule has 1 saturated carbocycles. The topological polar surface area (TPSA) is 96.0 Å². The van der Waals surface area contributed by atoms with Gasteiger partial charge >= 0.3 is 0 Å². The van der Waals surface area contributed by atoms with Crippen LogP contribution in [-0.2, 0) is 11.3 Å². The monoisotopic (exact) mass is 439 g/mol. The van der Waals surface area contributed by atoms with E-state index in [2.05, 4.69) is 26.1 Å². The SMILES string of the molecule is O=C(CSc1nnc(NCc2ccccc2)s1)Nc1ccccc1C(=O)NC1CC1. The summed E-state index contributed by atoms with van der Waals surface area (Å²) in [6.45, 7) is 0.667. The van der Waals surface area contributed by atoms with Crippen molar-refractivity contribution in [3.8, 4) is 0 Å². The molecular formula is C21H21N5O2S2. The van der Waals surface area contributed by atoms with E-state index in [1.54, 1.807) is 24.3 Å². The average Bonchev–Trinajstić information content (AvgIpc) is 3.46. The van der Waals surface area contributed by atoms with E-state index < -0.39 is 0 Å². The van der Waals surface area contributed by atoms with Gasteiger partial charge in [-0.25, -0.2) is 0 Å². The van der Waals surface area contributed by atoms with E-state index in [9.17, 15) is 9.59 Å². The normalized spacial score (nSPS) is 12.9. The van der Waals surface area contributed by atoms with Gasteiger partial charge in [0.25, 0.3) is 5.91 Å². The van der Waals surface area contributed by atoms with E-state index in [0.717, 1.165) is 18.4 Å². The maximum absolute atomic E-state index is 12.4. The summed E-state index contributed by atoms with van der Waals surface area (Å²) < 4.78 is 0.709. The average molecular weight is 440 g/mol. The summed E-state index contributed by atoms with van der Waals surface area (Å²) in [6, 6.07) is 17.3. The van der Waals surface area contributed by atoms with Crippen LogP contribution in [0.2, 0.25) is 0 Å². The zero-order chi connectivity index (χ0) is 20.8. The molecule has 0 bridgehead atoms. The van der Waals surface area contributed by atoms with E-state index in [1.807, 2.05) is 30.3 Å². The molecule has 154 valence electrons. The van der Waals surface area contributed by atoms with E-state index in [1.165, 1.54) is 23.1 Å². The van der Waals surface area contributed by atoms with Gasteiger partial charge in [-0.15, -0.1) is 10.2 Å². The summed E-state index contributed by atoms with van der Waals surface area (Å²) >= 11 is 2.73. The number of thioether (sulfide) groups is 1. The van der Waals surface area contributed by atoms with Crippen LogP contribution < -0.4 is 16.0 Å². The maximum Gasteiger partial charge on any atom is 0.253 e. The second kappa shape index (κ2) is 9.73. The van der Waals surface area contributed by atoms with Crippen LogP contribution in [0, 0.1) is 0 Å². The lowest BCUT2D eigenvalue weighted by Gasteiger charge is -2.10. The number of nitrogens with one attached hydrogen (secondary N) is 3. The summed E-state index contributed by atoms with van der Waals surface area (Å²) in [5.41, 5.74) is 2.15. The van der Waals surface area contributed by atoms with Crippen molar-refractivity contribution in [2.24, 2.45) is 0 Å². The Hall–Kier alpha value is -2.91. The molecule has 30 heavy (non-hydrogen) atoms. The van der Waals surface area contributed by atoms with Crippen LogP contribution in [0.4, 0.5) is 10.8 Å².